The Morgan fingerprint density at radius 1 is 1.10 bits per heavy atom. The molecule has 4 aromatic rings. The van der Waals surface area contributed by atoms with Crippen LogP contribution in [0.4, 0.5) is 15.0 Å². The summed E-state index contributed by atoms with van der Waals surface area (Å²) in [5, 5.41) is 13.7. The monoisotopic (exact) mass is 704 g/mol. The molecule has 4 fully saturated rings. The molecule has 49 heavy (non-hydrogen) atoms. The van der Waals surface area contributed by atoms with Crippen molar-refractivity contribution in [3.05, 3.63) is 53.3 Å². The second kappa shape index (κ2) is 12.6. The number of likely N-dealkylation sites (tertiary alicyclic amines) is 1. The van der Waals surface area contributed by atoms with Gasteiger partial charge in [0, 0.05) is 48.6 Å². The molecule has 0 aliphatic carbocycles. The molecular weight excluding hydrogens is 671 g/mol. The highest BCUT2D eigenvalue weighted by Gasteiger charge is 2.45. The second-order valence-corrected chi connectivity index (χ2v) is 14.8. The van der Waals surface area contributed by atoms with Crippen LogP contribution >= 0.6 is 23.4 Å². The van der Waals surface area contributed by atoms with Crippen LogP contribution in [0.25, 0.3) is 32.8 Å². The van der Waals surface area contributed by atoms with Crippen molar-refractivity contribution in [3.8, 4) is 22.9 Å². The maximum absolute atomic E-state index is 16.9. The number of anilines is 1. The molecule has 3 aromatic carbocycles. The van der Waals surface area contributed by atoms with E-state index in [-0.39, 0.29) is 58.3 Å². The number of likely N-dealkylation sites (N-methyl/N-ethyl adjacent to an activating group) is 1. The Balaban J connectivity index is 1.17. The van der Waals surface area contributed by atoms with Gasteiger partial charge in [-0.2, -0.15) is 9.97 Å². The number of benzene rings is 3. The predicted molar refractivity (Wildman–Crippen MR) is 186 cm³/mol. The number of aromatic nitrogens is 2. The van der Waals surface area contributed by atoms with Crippen molar-refractivity contribution in [3.63, 3.8) is 0 Å². The normalized spacial score (nSPS) is 24.0. The molecule has 2 bridgehead atoms. The molecular formula is C35H34ClFN6O5S. The summed E-state index contributed by atoms with van der Waals surface area (Å²) in [7, 11) is 2.05. The number of halogens is 2. The first-order valence-corrected chi connectivity index (χ1v) is 17.7. The lowest BCUT2D eigenvalue weighted by Gasteiger charge is -2.42. The number of aromatic hydroxyl groups is 1. The van der Waals surface area contributed by atoms with Gasteiger partial charge in [-0.15, -0.1) is 0 Å². The fraction of sp³-hybridized carbons (Fsp3) is 0.400. The maximum Gasteiger partial charge on any atom is 0.319 e. The van der Waals surface area contributed by atoms with E-state index in [9.17, 15) is 19.5 Å². The number of carbonyl (C=O) groups excluding carboxylic acids is 3. The second-order valence-electron chi connectivity index (χ2n) is 13.3. The van der Waals surface area contributed by atoms with Gasteiger partial charge < -0.3 is 24.5 Å². The number of carbonyl (C=O) groups is 3. The summed E-state index contributed by atoms with van der Waals surface area (Å²) in [6.45, 7) is 2.18. The zero-order valence-corrected chi connectivity index (χ0v) is 28.3. The first-order valence-electron chi connectivity index (χ1n) is 16.5. The van der Waals surface area contributed by atoms with Crippen LogP contribution in [0, 0.1) is 5.82 Å². The third-order valence-electron chi connectivity index (χ3n) is 10.2. The van der Waals surface area contributed by atoms with E-state index < -0.39 is 22.2 Å². The molecule has 3 unspecified atom stereocenters. The highest BCUT2D eigenvalue weighted by atomic mass is 35.5. The number of piperazine rings is 1. The van der Waals surface area contributed by atoms with Crippen molar-refractivity contribution in [1.29, 1.82) is 0 Å². The first kappa shape index (κ1) is 32.0. The number of imide groups is 1. The lowest BCUT2D eigenvalue weighted by molar-refractivity contribution is -0.136. The van der Waals surface area contributed by atoms with Crippen LogP contribution in [0.3, 0.4) is 0 Å². The summed E-state index contributed by atoms with van der Waals surface area (Å²) in [6.07, 6.45) is 3.52. The molecule has 4 aliphatic heterocycles. The quantitative estimate of drug-likeness (QED) is 0.260. The third kappa shape index (κ3) is 5.81. The molecule has 8 rings (SSSR count). The van der Waals surface area contributed by atoms with Gasteiger partial charge in [-0.25, -0.2) is 4.39 Å². The Kier molecular flexibility index (Phi) is 8.24. The van der Waals surface area contributed by atoms with Gasteiger partial charge in [0.15, 0.2) is 5.82 Å². The molecule has 14 heteroatoms. The van der Waals surface area contributed by atoms with Crippen molar-refractivity contribution >= 4 is 67.9 Å². The molecule has 4 saturated heterocycles. The number of nitrogens with zero attached hydrogens (tertiary/aromatic N) is 5. The number of hydrogen-bond acceptors (Lipinski definition) is 10. The van der Waals surface area contributed by atoms with Gasteiger partial charge in [-0.05, 0) is 73.8 Å². The Labute approximate surface area is 290 Å². The number of fused-ring (bicyclic) bond motifs is 4. The topological polar surface area (TPSA) is 128 Å². The van der Waals surface area contributed by atoms with Crippen molar-refractivity contribution < 1.29 is 28.6 Å². The summed E-state index contributed by atoms with van der Waals surface area (Å²) in [5.74, 6) is -0.797. The van der Waals surface area contributed by atoms with Crippen LogP contribution in [0.2, 0.25) is 5.02 Å². The molecule has 3 amide bonds. The minimum atomic E-state index is -0.732. The Hall–Kier alpha value is -4.20. The number of phenols is 1. The number of ether oxygens (including phenoxy) is 1. The van der Waals surface area contributed by atoms with Crippen molar-refractivity contribution in [2.75, 3.05) is 38.2 Å². The van der Waals surface area contributed by atoms with Crippen molar-refractivity contribution in [2.24, 2.45) is 0 Å². The molecule has 0 spiro atoms. The van der Waals surface area contributed by atoms with Crippen LogP contribution < -0.4 is 15.0 Å². The largest absolute Gasteiger partial charge is 0.508 e. The van der Waals surface area contributed by atoms with E-state index in [2.05, 4.69) is 15.2 Å². The Bertz CT molecular complexity index is 2020. The SMILES string of the molecule is CN1CCC[C@H]1COc1nc(N2CC3CCC(C2)N3C(=O)CC2SC(=O)NC2=O)c2cc(Cl)c(-c3cc(O)cc4ccccc34)c(F)c2n1. The Morgan fingerprint density at radius 2 is 1.88 bits per heavy atom. The van der Waals surface area contributed by atoms with Crippen molar-refractivity contribution in [1.82, 2.24) is 25.1 Å². The summed E-state index contributed by atoms with van der Waals surface area (Å²) < 4.78 is 23.1. The van der Waals surface area contributed by atoms with Crippen LogP contribution in [0.1, 0.15) is 32.1 Å². The summed E-state index contributed by atoms with van der Waals surface area (Å²) in [4.78, 5) is 52.9. The maximum atomic E-state index is 16.9. The van der Waals surface area contributed by atoms with E-state index in [4.69, 9.17) is 21.3 Å². The van der Waals surface area contributed by atoms with Gasteiger partial charge in [0.25, 0.3) is 5.24 Å². The summed E-state index contributed by atoms with van der Waals surface area (Å²) in [6, 6.07) is 12.1. The molecule has 5 heterocycles. The fourth-order valence-electron chi connectivity index (χ4n) is 7.85. The molecule has 2 N–H and O–H groups in total. The highest BCUT2D eigenvalue weighted by Crippen LogP contribution is 2.43. The van der Waals surface area contributed by atoms with E-state index in [0.717, 1.165) is 54.8 Å². The Morgan fingerprint density at radius 3 is 2.59 bits per heavy atom. The van der Waals surface area contributed by atoms with E-state index in [1.807, 2.05) is 41.1 Å². The number of amides is 3. The minimum Gasteiger partial charge on any atom is -0.508 e. The summed E-state index contributed by atoms with van der Waals surface area (Å²) in [5.41, 5.74) is 0.609. The number of nitrogens with one attached hydrogen (secondary N) is 1. The van der Waals surface area contributed by atoms with Gasteiger partial charge in [0.05, 0.1) is 5.02 Å². The van der Waals surface area contributed by atoms with Crippen LogP contribution in [-0.2, 0) is 9.59 Å². The van der Waals surface area contributed by atoms with Gasteiger partial charge in [0.1, 0.15) is 28.9 Å². The van der Waals surface area contributed by atoms with Gasteiger partial charge in [0.2, 0.25) is 11.8 Å². The molecule has 0 radical (unpaired) electrons. The number of rotatable bonds is 7. The average Bonchev–Trinajstić information content (AvgIpc) is 3.72. The van der Waals surface area contributed by atoms with Gasteiger partial charge in [-0.3, -0.25) is 19.7 Å². The van der Waals surface area contributed by atoms with E-state index >= 15 is 4.39 Å². The minimum absolute atomic E-state index is 0.0148. The lowest BCUT2D eigenvalue weighted by atomic mass is 9.96. The lowest BCUT2D eigenvalue weighted by Crippen LogP contribution is -2.56. The molecule has 11 nitrogen and oxygen atoms in total. The fourth-order valence-corrected chi connectivity index (χ4v) is 8.95. The van der Waals surface area contributed by atoms with E-state index in [0.29, 0.717) is 36.5 Å². The summed E-state index contributed by atoms with van der Waals surface area (Å²) >= 11 is 7.76. The number of thioether (sulfide) groups is 1. The number of hydrogen-bond donors (Lipinski definition) is 2. The molecule has 4 atom stereocenters. The zero-order valence-electron chi connectivity index (χ0n) is 26.7. The average molecular weight is 705 g/mol. The molecule has 254 valence electrons. The predicted octanol–water partition coefficient (Wildman–Crippen LogP) is 5.34. The van der Waals surface area contributed by atoms with E-state index in [1.54, 1.807) is 12.1 Å². The van der Waals surface area contributed by atoms with E-state index in [1.165, 1.54) is 6.07 Å². The van der Waals surface area contributed by atoms with Crippen LogP contribution in [-0.4, -0.2) is 98.6 Å². The standard InChI is InChI=1S/C35H34ClFN6O5S/c1-41-10-4-6-21(41)17-48-34-38-31-25(13-26(36)29(30(31)37)24-12-22(44)11-18-5-2-3-7-23(18)24)32(39-34)42-15-19-8-9-20(16-42)43(19)28(45)14-27-33(46)40-35(47)49-27/h2-3,5,7,11-13,19-21,27,44H,4,6,8-10,14-17H2,1H3,(H,40,46,47)/t19?,20?,21-,27?/m0/s1. The van der Waals surface area contributed by atoms with Gasteiger partial charge >= 0.3 is 6.01 Å². The third-order valence-corrected chi connectivity index (χ3v) is 11.5. The molecule has 4 aliphatic rings. The van der Waals surface area contributed by atoms with Crippen LogP contribution in [0.15, 0.2) is 42.5 Å². The number of phenolic OH excluding ortho intramolecular Hbond substituents is 1. The van der Waals surface area contributed by atoms with Crippen molar-refractivity contribution in [2.45, 2.75) is 55.5 Å². The van der Waals surface area contributed by atoms with Gasteiger partial charge in [-0.1, -0.05) is 47.6 Å². The first-order chi connectivity index (χ1) is 23.6. The zero-order chi connectivity index (χ0) is 34.0. The molecule has 1 aromatic heterocycles. The smallest absolute Gasteiger partial charge is 0.319 e. The van der Waals surface area contributed by atoms with Crippen LogP contribution in [0.5, 0.6) is 11.8 Å². The molecule has 0 saturated carbocycles. The highest BCUT2D eigenvalue weighted by molar-refractivity contribution is 8.15.